The molecule has 0 aromatic heterocycles. The van der Waals surface area contributed by atoms with Crippen LogP contribution in [-0.2, 0) is 5.11 Å². The minimum Gasteiger partial charge on any atom is -0.233 e. The van der Waals surface area contributed by atoms with Crippen LogP contribution in [-0.4, -0.2) is 12.0 Å². The van der Waals surface area contributed by atoms with Crippen LogP contribution in [0.3, 0.4) is 0 Å². The van der Waals surface area contributed by atoms with Gasteiger partial charge in [0, 0.05) is 5.88 Å². The average molecular weight is 136 g/mol. The summed E-state index contributed by atoms with van der Waals surface area (Å²) in [5.41, 5.74) is 0. The predicted molar refractivity (Wildman–Crippen MR) is 34.7 cm³/mol. The van der Waals surface area contributed by atoms with Gasteiger partial charge in [0.1, 0.15) is 0 Å². The van der Waals surface area contributed by atoms with E-state index in [1.54, 1.807) is 6.92 Å². The standard InChI is InChI=1S/C6H12ClO/c1-6(8)4-2-3-5-7/h6H,2-5H2,1H3. The highest BCUT2D eigenvalue weighted by Gasteiger charge is 1.94. The Kier molecular flexibility index (Phi) is 5.56. The Balaban J connectivity index is 2.72. The summed E-state index contributed by atoms with van der Waals surface area (Å²) in [7, 11) is 0. The van der Waals surface area contributed by atoms with Gasteiger partial charge in [-0.2, -0.15) is 0 Å². The SMILES string of the molecule is CC([O])CCCCCl. The molecule has 0 bridgehead atoms. The zero-order chi connectivity index (χ0) is 6.41. The highest BCUT2D eigenvalue weighted by molar-refractivity contribution is 6.17. The lowest BCUT2D eigenvalue weighted by Crippen LogP contribution is -1.95. The number of unbranched alkanes of at least 4 members (excludes halogenated alkanes) is 1. The molecule has 0 N–H and O–H groups in total. The first-order chi connectivity index (χ1) is 3.77. The van der Waals surface area contributed by atoms with E-state index in [-0.39, 0.29) is 0 Å². The molecule has 0 saturated carbocycles. The van der Waals surface area contributed by atoms with Crippen molar-refractivity contribution < 1.29 is 5.11 Å². The van der Waals surface area contributed by atoms with Gasteiger partial charge in [-0.1, -0.05) is 0 Å². The smallest absolute Gasteiger partial charge is 0.0902 e. The monoisotopic (exact) mass is 135 g/mol. The lowest BCUT2D eigenvalue weighted by atomic mass is 10.2. The van der Waals surface area contributed by atoms with E-state index in [9.17, 15) is 5.11 Å². The van der Waals surface area contributed by atoms with E-state index in [1.807, 2.05) is 0 Å². The molecule has 1 atom stereocenters. The van der Waals surface area contributed by atoms with Gasteiger partial charge in [0.05, 0.1) is 6.10 Å². The van der Waals surface area contributed by atoms with Crippen LogP contribution < -0.4 is 0 Å². The fraction of sp³-hybridized carbons (Fsp3) is 1.00. The Morgan fingerprint density at radius 2 is 2.12 bits per heavy atom. The van der Waals surface area contributed by atoms with Gasteiger partial charge >= 0.3 is 0 Å². The molecule has 0 spiro atoms. The number of halogens is 1. The number of hydrogen-bond donors (Lipinski definition) is 0. The van der Waals surface area contributed by atoms with Gasteiger partial charge in [-0.05, 0) is 26.2 Å². The molecule has 8 heavy (non-hydrogen) atoms. The van der Waals surface area contributed by atoms with Gasteiger partial charge in [-0.25, -0.2) is 5.11 Å². The van der Waals surface area contributed by atoms with E-state index < -0.39 is 6.10 Å². The highest BCUT2D eigenvalue weighted by Crippen LogP contribution is 2.00. The van der Waals surface area contributed by atoms with Crippen LogP contribution in [0.1, 0.15) is 26.2 Å². The normalized spacial score (nSPS) is 13.9. The molecular formula is C6H12ClO. The summed E-state index contributed by atoms with van der Waals surface area (Å²) >= 11 is 5.38. The average Bonchev–Trinajstić information content (AvgIpc) is 1.66. The third kappa shape index (κ3) is 6.25. The van der Waals surface area contributed by atoms with E-state index in [1.165, 1.54) is 0 Å². The zero-order valence-electron chi connectivity index (χ0n) is 5.19. The third-order valence-corrected chi connectivity index (χ3v) is 1.26. The molecule has 0 heterocycles. The molecule has 0 rings (SSSR count). The molecule has 0 amide bonds. The van der Waals surface area contributed by atoms with E-state index >= 15 is 0 Å². The van der Waals surface area contributed by atoms with Crippen LogP contribution in [0.15, 0.2) is 0 Å². The fourth-order valence-electron chi connectivity index (χ4n) is 0.526. The summed E-state index contributed by atoms with van der Waals surface area (Å²) in [6, 6.07) is 0. The Bertz CT molecular complexity index is 45.8. The summed E-state index contributed by atoms with van der Waals surface area (Å²) in [5, 5.41) is 10.4. The van der Waals surface area contributed by atoms with Crippen molar-refractivity contribution >= 4 is 11.6 Å². The second-order valence-corrected chi connectivity index (χ2v) is 2.37. The van der Waals surface area contributed by atoms with Gasteiger partial charge in [-0.15, -0.1) is 11.6 Å². The zero-order valence-corrected chi connectivity index (χ0v) is 5.95. The molecule has 1 nitrogen and oxygen atoms in total. The van der Waals surface area contributed by atoms with E-state index in [0.29, 0.717) is 5.88 Å². The first-order valence-corrected chi connectivity index (χ1v) is 3.52. The van der Waals surface area contributed by atoms with Crippen molar-refractivity contribution in [2.24, 2.45) is 0 Å². The molecule has 49 valence electrons. The van der Waals surface area contributed by atoms with Crippen molar-refractivity contribution in [3.63, 3.8) is 0 Å². The highest BCUT2D eigenvalue weighted by atomic mass is 35.5. The molecule has 0 aliphatic heterocycles. The maximum Gasteiger partial charge on any atom is 0.0902 e. The van der Waals surface area contributed by atoms with Crippen molar-refractivity contribution in [2.75, 3.05) is 5.88 Å². The largest absolute Gasteiger partial charge is 0.233 e. The van der Waals surface area contributed by atoms with Crippen molar-refractivity contribution in [3.8, 4) is 0 Å². The van der Waals surface area contributed by atoms with Gasteiger partial charge in [0.15, 0.2) is 0 Å². The van der Waals surface area contributed by atoms with Gasteiger partial charge in [0.25, 0.3) is 0 Å². The molecule has 1 unspecified atom stereocenters. The van der Waals surface area contributed by atoms with Gasteiger partial charge < -0.3 is 0 Å². The molecule has 1 radical (unpaired) electrons. The summed E-state index contributed by atoms with van der Waals surface area (Å²) in [6.07, 6.45) is 2.33. The first kappa shape index (κ1) is 8.25. The third-order valence-electron chi connectivity index (χ3n) is 0.994. The Hall–Kier alpha value is 0.250. The quantitative estimate of drug-likeness (QED) is 0.416. The molecule has 0 saturated heterocycles. The summed E-state index contributed by atoms with van der Waals surface area (Å²) < 4.78 is 0. The van der Waals surface area contributed by atoms with Gasteiger partial charge in [-0.3, -0.25) is 0 Å². The Labute approximate surface area is 55.7 Å². The van der Waals surface area contributed by atoms with Crippen molar-refractivity contribution in [3.05, 3.63) is 0 Å². The summed E-state index contributed by atoms with van der Waals surface area (Å²) in [5.74, 6) is 0.687. The minimum atomic E-state index is -0.404. The van der Waals surface area contributed by atoms with Crippen molar-refractivity contribution in [1.82, 2.24) is 0 Å². The second kappa shape index (κ2) is 5.39. The first-order valence-electron chi connectivity index (χ1n) is 2.99. The molecule has 0 fully saturated rings. The maximum absolute atomic E-state index is 10.4. The van der Waals surface area contributed by atoms with Crippen molar-refractivity contribution in [2.45, 2.75) is 32.3 Å². The lowest BCUT2D eigenvalue weighted by Gasteiger charge is -1.97. The summed E-state index contributed by atoms with van der Waals surface area (Å²) in [6.45, 7) is 1.69. The van der Waals surface area contributed by atoms with E-state index in [0.717, 1.165) is 19.3 Å². The lowest BCUT2D eigenvalue weighted by molar-refractivity contribution is 0.0956. The minimum absolute atomic E-state index is 0.404. The fourth-order valence-corrected chi connectivity index (χ4v) is 0.715. The number of hydrogen-bond acceptors (Lipinski definition) is 0. The van der Waals surface area contributed by atoms with E-state index in [4.69, 9.17) is 11.6 Å². The molecule has 0 aromatic carbocycles. The van der Waals surface area contributed by atoms with Crippen LogP contribution in [0.25, 0.3) is 0 Å². The number of alkyl halides is 1. The van der Waals surface area contributed by atoms with Crippen LogP contribution in [0.5, 0.6) is 0 Å². The Morgan fingerprint density at radius 3 is 2.50 bits per heavy atom. The van der Waals surface area contributed by atoms with Crippen molar-refractivity contribution in [1.29, 1.82) is 0 Å². The Morgan fingerprint density at radius 1 is 1.50 bits per heavy atom. The predicted octanol–water partition coefficient (Wildman–Crippen LogP) is 2.21. The molecule has 0 aliphatic rings. The molecule has 2 heteroatoms. The van der Waals surface area contributed by atoms with Crippen LogP contribution in [0.2, 0.25) is 0 Å². The molecule has 0 aromatic rings. The van der Waals surface area contributed by atoms with E-state index in [2.05, 4.69) is 0 Å². The van der Waals surface area contributed by atoms with Crippen LogP contribution >= 0.6 is 11.6 Å². The second-order valence-electron chi connectivity index (χ2n) is 2.00. The topological polar surface area (TPSA) is 19.9 Å². The maximum atomic E-state index is 10.4. The summed E-state index contributed by atoms with van der Waals surface area (Å²) in [4.78, 5) is 0. The van der Waals surface area contributed by atoms with Gasteiger partial charge in [0.2, 0.25) is 0 Å². The molecule has 0 aliphatic carbocycles. The van der Waals surface area contributed by atoms with Crippen LogP contribution in [0.4, 0.5) is 0 Å². The van der Waals surface area contributed by atoms with Crippen LogP contribution in [0, 0.1) is 0 Å². The molecular weight excluding hydrogens is 124 g/mol. The number of rotatable bonds is 4.